The van der Waals surface area contributed by atoms with Crippen LogP contribution in [0.1, 0.15) is 11.3 Å². The number of nitrogens with zero attached hydrogens (tertiary/aromatic N) is 2. The molecule has 0 aromatic carbocycles. The molecule has 0 spiro atoms. The summed E-state index contributed by atoms with van der Waals surface area (Å²) in [6, 6.07) is 0. The summed E-state index contributed by atoms with van der Waals surface area (Å²) in [4.78, 5) is 0. The lowest BCUT2D eigenvalue weighted by Gasteiger charge is -2.23. The van der Waals surface area contributed by atoms with Gasteiger partial charge < -0.3 is 19.5 Å². The number of hydrogen-bond acceptors (Lipinski definition) is 5. The van der Waals surface area contributed by atoms with Crippen molar-refractivity contribution in [2.45, 2.75) is 19.6 Å². The second-order valence-electron chi connectivity index (χ2n) is 4.40. The van der Waals surface area contributed by atoms with Crippen LogP contribution in [0.15, 0.2) is 0 Å². The Hall–Kier alpha value is -1.11. The van der Waals surface area contributed by atoms with Gasteiger partial charge in [-0.1, -0.05) is 0 Å². The van der Waals surface area contributed by atoms with Crippen LogP contribution in [0.5, 0.6) is 5.88 Å². The Kier molecular flexibility index (Phi) is 4.57. The van der Waals surface area contributed by atoms with Crippen LogP contribution in [0, 0.1) is 6.92 Å². The number of ether oxygens (including phenoxy) is 3. The highest BCUT2D eigenvalue weighted by molar-refractivity contribution is 5.30. The van der Waals surface area contributed by atoms with Gasteiger partial charge in [-0.05, 0) is 6.92 Å². The molecule has 1 unspecified atom stereocenters. The van der Waals surface area contributed by atoms with E-state index in [0.29, 0.717) is 19.8 Å². The molecule has 102 valence electrons. The van der Waals surface area contributed by atoms with E-state index < -0.39 is 0 Å². The smallest absolute Gasteiger partial charge is 0.216 e. The van der Waals surface area contributed by atoms with Crippen LogP contribution in [0.2, 0.25) is 0 Å². The molecule has 6 nitrogen and oxygen atoms in total. The molecule has 6 heteroatoms. The van der Waals surface area contributed by atoms with Gasteiger partial charge in [0.25, 0.3) is 0 Å². The minimum absolute atomic E-state index is 0.140. The lowest BCUT2D eigenvalue weighted by atomic mass is 10.2. The molecule has 1 atom stereocenters. The summed E-state index contributed by atoms with van der Waals surface area (Å²) in [6.07, 6.45) is 0.140. The van der Waals surface area contributed by atoms with Crippen molar-refractivity contribution in [2.24, 2.45) is 7.05 Å². The lowest BCUT2D eigenvalue weighted by molar-refractivity contribution is -0.0864. The van der Waals surface area contributed by atoms with E-state index in [1.54, 1.807) is 11.8 Å². The molecule has 1 fully saturated rings. The largest absolute Gasteiger partial charge is 0.481 e. The van der Waals surface area contributed by atoms with E-state index in [0.717, 1.165) is 30.2 Å². The number of nitrogens with one attached hydrogen (secondary N) is 1. The third kappa shape index (κ3) is 3.01. The van der Waals surface area contributed by atoms with E-state index >= 15 is 0 Å². The predicted octanol–water partition coefficient (Wildman–Crippen LogP) is 0.242. The zero-order valence-corrected chi connectivity index (χ0v) is 11.2. The average molecular weight is 255 g/mol. The first-order chi connectivity index (χ1) is 8.72. The third-order valence-electron chi connectivity index (χ3n) is 3.04. The van der Waals surface area contributed by atoms with Crippen molar-refractivity contribution in [3.05, 3.63) is 11.3 Å². The molecule has 2 heterocycles. The van der Waals surface area contributed by atoms with Crippen molar-refractivity contribution < 1.29 is 14.2 Å². The molecule has 0 amide bonds. The fraction of sp³-hybridized carbons (Fsp3) is 0.750. The molecule has 1 N–H and O–H groups in total. The number of aromatic nitrogens is 2. The standard InChI is InChI=1S/C12H21N3O3/c1-9-11(12(16-3)15(2)14-9)7-13-6-10-8-17-4-5-18-10/h10,13H,4-8H2,1-3H3. The molecule has 2 rings (SSSR count). The molecule has 0 bridgehead atoms. The van der Waals surface area contributed by atoms with Gasteiger partial charge in [0.1, 0.15) is 0 Å². The molecule has 0 saturated carbocycles. The van der Waals surface area contributed by atoms with Gasteiger partial charge in [-0.3, -0.25) is 0 Å². The van der Waals surface area contributed by atoms with Gasteiger partial charge in [-0.2, -0.15) is 5.10 Å². The number of hydrogen-bond donors (Lipinski definition) is 1. The first kappa shape index (κ1) is 13.3. The quantitative estimate of drug-likeness (QED) is 0.817. The second-order valence-corrected chi connectivity index (χ2v) is 4.40. The van der Waals surface area contributed by atoms with E-state index in [1.165, 1.54) is 0 Å². The van der Waals surface area contributed by atoms with Crippen molar-refractivity contribution >= 4 is 0 Å². The SMILES string of the molecule is COc1c(CNCC2COCCO2)c(C)nn1C. The highest BCUT2D eigenvalue weighted by atomic mass is 16.6. The Morgan fingerprint density at radius 2 is 2.33 bits per heavy atom. The molecule has 1 aliphatic rings. The van der Waals surface area contributed by atoms with Gasteiger partial charge in [0.05, 0.1) is 44.3 Å². The van der Waals surface area contributed by atoms with Crippen molar-refractivity contribution in [1.29, 1.82) is 0 Å². The number of rotatable bonds is 5. The Bertz CT molecular complexity index is 386. The molecule has 1 aromatic rings. The summed E-state index contributed by atoms with van der Waals surface area (Å²) in [5, 5.41) is 7.70. The summed E-state index contributed by atoms with van der Waals surface area (Å²) in [6.45, 7) is 5.53. The highest BCUT2D eigenvalue weighted by Crippen LogP contribution is 2.20. The molecule has 18 heavy (non-hydrogen) atoms. The maximum absolute atomic E-state index is 5.57. The van der Waals surface area contributed by atoms with Crippen LogP contribution >= 0.6 is 0 Å². The monoisotopic (exact) mass is 255 g/mol. The van der Waals surface area contributed by atoms with Crippen LogP contribution in [-0.4, -0.2) is 49.4 Å². The first-order valence-corrected chi connectivity index (χ1v) is 6.19. The van der Waals surface area contributed by atoms with Gasteiger partial charge in [0.2, 0.25) is 5.88 Å². The van der Waals surface area contributed by atoms with E-state index in [1.807, 2.05) is 14.0 Å². The molecule has 1 aliphatic heterocycles. The first-order valence-electron chi connectivity index (χ1n) is 6.19. The normalized spacial score (nSPS) is 20.1. The zero-order valence-electron chi connectivity index (χ0n) is 11.2. The molecule has 1 aromatic heterocycles. The number of aryl methyl sites for hydroxylation is 2. The summed E-state index contributed by atoms with van der Waals surface area (Å²) in [5.74, 6) is 0.806. The van der Waals surface area contributed by atoms with Crippen molar-refractivity contribution in [1.82, 2.24) is 15.1 Å². The fourth-order valence-corrected chi connectivity index (χ4v) is 2.15. The van der Waals surface area contributed by atoms with E-state index in [9.17, 15) is 0 Å². The fourth-order valence-electron chi connectivity index (χ4n) is 2.15. The zero-order chi connectivity index (χ0) is 13.0. The Morgan fingerprint density at radius 3 is 3.00 bits per heavy atom. The molecular weight excluding hydrogens is 234 g/mol. The van der Waals surface area contributed by atoms with E-state index in [4.69, 9.17) is 14.2 Å². The van der Waals surface area contributed by atoms with Gasteiger partial charge in [0.15, 0.2) is 0 Å². The Labute approximate surface area is 107 Å². The van der Waals surface area contributed by atoms with Crippen molar-refractivity contribution in [3.8, 4) is 5.88 Å². The summed E-state index contributed by atoms with van der Waals surface area (Å²) >= 11 is 0. The minimum atomic E-state index is 0.140. The van der Waals surface area contributed by atoms with Crippen LogP contribution in [0.4, 0.5) is 0 Å². The van der Waals surface area contributed by atoms with Gasteiger partial charge in [-0.15, -0.1) is 0 Å². The highest BCUT2D eigenvalue weighted by Gasteiger charge is 2.16. The van der Waals surface area contributed by atoms with Gasteiger partial charge in [0, 0.05) is 20.1 Å². The Morgan fingerprint density at radius 1 is 1.50 bits per heavy atom. The maximum atomic E-state index is 5.57. The molecule has 0 aliphatic carbocycles. The summed E-state index contributed by atoms with van der Waals surface area (Å²) < 4.78 is 18.0. The van der Waals surface area contributed by atoms with Gasteiger partial charge >= 0.3 is 0 Å². The molecule has 0 radical (unpaired) electrons. The van der Waals surface area contributed by atoms with Crippen molar-refractivity contribution in [2.75, 3.05) is 33.5 Å². The Balaban J connectivity index is 1.85. The predicted molar refractivity (Wildman–Crippen MR) is 66.8 cm³/mol. The van der Waals surface area contributed by atoms with Crippen LogP contribution < -0.4 is 10.1 Å². The van der Waals surface area contributed by atoms with Crippen molar-refractivity contribution in [3.63, 3.8) is 0 Å². The average Bonchev–Trinajstić information content (AvgIpc) is 2.65. The maximum Gasteiger partial charge on any atom is 0.216 e. The third-order valence-corrected chi connectivity index (χ3v) is 3.04. The van der Waals surface area contributed by atoms with E-state index in [-0.39, 0.29) is 6.10 Å². The van der Waals surface area contributed by atoms with Gasteiger partial charge in [-0.25, -0.2) is 4.68 Å². The van der Waals surface area contributed by atoms with Crippen LogP contribution in [-0.2, 0) is 23.1 Å². The van der Waals surface area contributed by atoms with E-state index in [2.05, 4.69) is 10.4 Å². The minimum Gasteiger partial charge on any atom is -0.481 e. The lowest BCUT2D eigenvalue weighted by Crippen LogP contribution is -2.37. The molecular formula is C12H21N3O3. The summed E-state index contributed by atoms with van der Waals surface area (Å²) in [7, 11) is 3.55. The van der Waals surface area contributed by atoms with Crippen LogP contribution in [0.3, 0.4) is 0 Å². The second kappa shape index (κ2) is 6.17. The molecule has 1 saturated heterocycles. The number of methoxy groups -OCH3 is 1. The summed E-state index contributed by atoms with van der Waals surface area (Å²) in [5.41, 5.74) is 2.08. The topological polar surface area (TPSA) is 57.5 Å². The van der Waals surface area contributed by atoms with Crippen LogP contribution in [0.25, 0.3) is 0 Å².